The highest BCUT2D eigenvalue weighted by molar-refractivity contribution is 8.00. The van der Waals surface area contributed by atoms with E-state index in [1.165, 1.54) is 0 Å². The van der Waals surface area contributed by atoms with E-state index in [0.717, 1.165) is 29.1 Å². The standard InChI is InChI=1S/C16H21N3O2S/c1-3-14(22-4-2)16(21)17-12-7-5-11(6-8-12)13-9-10-15(20)19-18-13/h5-8,14H,3-4,9-10H2,1-2H3,(H,17,21)(H,19,20). The molecule has 2 N–H and O–H groups in total. The summed E-state index contributed by atoms with van der Waals surface area (Å²) in [6.07, 6.45) is 1.92. The van der Waals surface area contributed by atoms with Crippen LogP contribution in [0.25, 0.3) is 0 Å². The third-order valence-corrected chi connectivity index (χ3v) is 4.70. The molecule has 1 aromatic rings. The van der Waals surface area contributed by atoms with Crippen LogP contribution >= 0.6 is 11.8 Å². The van der Waals surface area contributed by atoms with Crippen molar-refractivity contribution in [1.29, 1.82) is 0 Å². The van der Waals surface area contributed by atoms with Gasteiger partial charge in [-0.05, 0) is 29.9 Å². The first-order chi connectivity index (χ1) is 10.6. The van der Waals surface area contributed by atoms with Gasteiger partial charge in [-0.1, -0.05) is 26.0 Å². The van der Waals surface area contributed by atoms with E-state index in [0.29, 0.717) is 12.8 Å². The molecule has 2 amide bonds. The quantitative estimate of drug-likeness (QED) is 0.847. The van der Waals surface area contributed by atoms with E-state index in [1.54, 1.807) is 11.8 Å². The van der Waals surface area contributed by atoms with E-state index < -0.39 is 0 Å². The Hall–Kier alpha value is -1.82. The van der Waals surface area contributed by atoms with Gasteiger partial charge in [-0.3, -0.25) is 9.59 Å². The van der Waals surface area contributed by atoms with E-state index in [4.69, 9.17) is 0 Å². The zero-order valence-corrected chi connectivity index (χ0v) is 13.7. The second-order valence-electron chi connectivity index (χ2n) is 5.01. The number of thioether (sulfide) groups is 1. The fourth-order valence-electron chi connectivity index (χ4n) is 2.23. The molecule has 1 aromatic carbocycles. The third kappa shape index (κ3) is 4.34. The Morgan fingerprint density at radius 1 is 1.32 bits per heavy atom. The summed E-state index contributed by atoms with van der Waals surface area (Å²) in [5.74, 6) is 0.923. The minimum absolute atomic E-state index is 0.0115. The van der Waals surface area contributed by atoms with Crippen molar-refractivity contribution < 1.29 is 9.59 Å². The summed E-state index contributed by atoms with van der Waals surface area (Å²) in [6.45, 7) is 4.07. The van der Waals surface area contributed by atoms with Crippen molar-refractivity contribution in [2.24, 2.45) is 5.10 Å². The van der Waals surface area contributed by atoms with Crippen LogP contribution < -0.4 is 10.7 Å². The Morgan fingerprint density at radius 3 is 2.59 bits per heavy atom. The summed E-state index contributed by atoms with van der Waals surface area (Å²) in [6, 6.07) is 7.57. The molecule has 0 aliphatic carbocycles. The summed E-state index contributed by atoms with van der Waals surface area (Å²) >= 11 is 1.66. The minimum Gasteiger partial charge on any atom is -0.325 e. The molecule has 0 aromatic heterocycles. The highest BCUT2D eigenvalue weighted by Crippen LogP contribution is 2.18. The van der Waals surface area contributed by atoms with Gasteiger partial charge in [-0.15, -0.1) is 11.8 Å². The van der Waals surface area contributed by atoms with Crippen LogP contribution in [-0.4, -0.2) is 28.5 Å². The Balaban J connectivity index is 2.00. The zero-order valence-electron chi connectivity index (χ0n) is 12.9. The normalized spacial score (nSPS) is 15.7. The molecular weight excluding hydrogens is 298 g/mol. The summed E-state index contributed by atoms with van der Waals surface area (Å²) in [7, 11) is 0. The number of hydrogen-bond acceptors (Lipinski definition) is 4. The lowest BCUT2D eigenvalue weighted by atomic mass is 10.0. The minimum atomic E-state index is -0.0494. The van der Waals surface area contributed by atoms with Gasteiger partial charge in [0.2, 0.25) is 11.8 Å². The molecule has 1 heterocycles. The van der Waals surface area contributed by atoms with Crippen molar-refractivity contribution in [3.8, 4) is 0 Å². The molecule has 6 heteroatoms. The molecule has 118 valence electrons. The molecule has 0 fully saturated rings. The maximum absolute atomic E-state index is 12.2. The van der Waals surface area contributed by atoms with E-state index in [-0.39, 0.29) is 17.1 Å². The number of amides is 2. The second-order valence-corrected chi connectivity index (χ2v) is 6.49. The Morgan fingerprint density at radius 2 is 2.05 bits per heavy atom. The number of carbonyl (C=O) groups is 2. The molecule has 22 heavy (non-hydrogen) atoms. The van der Waals surface area contributed by atoms with Crippen LogP contribution in [0.5, 0.6) is 0 Å². The molecule has 1 unspecified atom stereocenters. The summed E-state index contributed by atoms with van der Waals surface area (Å²) in [5, 5.41) is 7.00. The first kappa shape index (κ1) is 16.5. The molecule has 1 aliphatic rings. The molecule has 1 aliphatic heterocycles. The van der Waals surface area contributed by atoms with Crippen molar-refractivity contribution >= 4 is 35.0 Å². The highest BCUT2D eigenvalue weighted by Gasteiger charge is 2.16. The van der Waals surface area contributed by atoms with E-state index in [2.05, 4.69) is 22.8 Å². The van der Waals surface area contributed by atoms with Gasteiger partial charge in [0.1, 0.15) is 0 Å². The van der Waals surface area contributed by atoms with Crippen molar-refractivity contribution in [3.05, 3.63) is 29.8 Å². The van der Waals surface area contributed by atoms with Crippen LogP contribution in [-0.2, 0) is 9.59 Å². The molecule has 5 nitrogen and oxygen atoms in total. The average Bonchev–Trinajstić information content (AvgIpc) is 2.54. The summed E-state index contributed by atoms with van der Waals surface area (Å²) < 4.78 is 0. The van der Waals surface area contributed by atoms with Crippen molar-refractivity contribution in [3.63, 3.8) is 0 Å². The maximum Gasteiger partial charge on any atom is 0.240 e. The number of nitrogens with one attached hydrogen (secondary N) is 2. The molecule has 0 spiro atoms. The lowest BCUT2D eigenvalue weighted by Gasteiger charge is -2.15. The molecule has 0 saturated heterocycles. The van der Waals surface area contributed by atoms with Crippen LogP contribution in [0.4, 0.5) is 5.69 Å². The van der Waals surface area contributed by atoms with Gasteiger partial charge < -0.3 is 5.32 Å². The van der Waals surface area contributed by atoms with Gasteiger partial charge in [0.15, 0.2) is 0 Å². The van der Waals surface area contributed by atoms with E-state index in [9.17, 15) is 9.59 Å². The highest BCUT2D eigenvalue weighted by atomic mass is 32.2. The first-order valence-electron chi connectivity index (χ1n) is 7.52. The smallest absolute Gasteiger partial charge is 0.240 e. The summed E-state index contributed by atoms with van der Waals surface area (Å²) in [4.78, 5) is 23.2. The Bertz CT molecular complexity index is 569. The lowest BCUT2D eigenvalue weighted by molar-refractivity contribution is -0.121. The number of anilines is 1. The topological polar surface area (TPSA) is 70.6 Å². The van der Waals surface area contributed by atoms with Crippen LogP contribution in [0.15, 0.2) is 29.4 Å². The van der Waals surface area contributed by atoms with Crippen LogP contribution in [0.2, 0.25) is 0 Å². The fourth-order valence-corrected chi connectivity index (χ4v) is 3.08. The molecule has 1 atom stereocenters. The van der Waals surface area contributed by atoms with Crippen LogP contribution in [0.3, 0.4) is 0 Å². The molecule has 2 rings (SSSR count). The van der Waals surface area contributed by atoms with Gasteiger partial charge in [-0.2, -0.15) is 5.10 Å². The Labute approximate surface area is 134 Å². The van der Waals surface area contributed by atoms with Gasteiger partial charge in [-0.25, -0.2) is 5.43 Å². The van der Waals surface area contributed by atoms with Crippen molar-refractivity contribution in [1.82, 2.24) is 5.43 Å². The Kier molecular flexibility index (Phi) is 6.00. The van der Waals surface area contributed by atoms with Gasteiger partial charge in [0.05, 0.1) is 11.0 Å². The predicted molar refractivity (Wildman–Crippen MR) is 91.2 cm³/mol. The van der Waals surface area contributed by atoms with Crippen LogP contribution in [0, 0.1) is 0 Å². The monoisotopic (exact) mass is 319 g/mol. The van der Waals surface area contributed by atoms with E-state index >= 15 is 0 Å². The summed E-state index contributed by atoms with van der Waals surface area (Å²) in [5.41, 5.74) is 5.10. The molecule has 0 radical (unpaired) electrons. The average molecular weight is 319 g/mol. The van der Waals surface area contributed by atoms with E-state index in [1.807, 2.05) is 31.2 Å². The number of rotatable bonds is 6. The zero-order chi connectivity index (χ0) is 15.9. The van der Waals surface area contributed by atoms with Crippen molar-refractivity contribution in [2.45, 2.75) is 38.4 Å². The fraction of sp³-hybridized carbons (Fsp3) is 0.438. The maximum atomic E-state index is 12.2. The van der Waals surface area contributed by atoms with Crippen LogP contribution in [0.1, 0.15) is 38.7 Å². The number of benzene rings is 1. The van der Waals surface area contributed by atoms with Crippen molar-refractivity contribution in [2.75, 3.05) is 11.1 Å². The molecular formula is C16H21N3O2S. The van der Waals surface area contributed by atoms with Gasteiger partial charge in [0.25, 0.3) is 0 Å². The second kappa shape index (κ2) is 7.98. The lowest BCUT2D eigenvalue weighted by Crippen LogP contribution is -2.26. The van der Waals surface area contributed by atoms with Gasteiger partial charge in [0, 0.05) is 18.5 Å². The SMILES string of the molecule is CCSC(CC)C(=O)Nc1ccc(C2=NNC(=O)CC2)cc1. The number of nitrogens with zero attached hydrogens (tertiary/aromatic N) is 1. The van der Waals surface area contributed by atoms with Gasteiger partial charge >= 0.3 is 0 Å². The third-order valence-electron chi connectivity index (χ3n) is 3.42. The largest absolute Gasteiger partial charge is 0.325 e. The molecule has 0 bridgehead atoms. The first-order valence-corrected chi connectivity index (χ1v) is 8.57. The number of hydrazone groups is 1. The number of hydrogen-bond donors (Lipinski definition) is 2. The molecule has 0 saturated carbocycles. The number of carbonyl (C=O) groups excluding carboxylic acids is 2. The predicted octanol–water partition coefficient (Wildman–Crippen LogP) is 2.77.